The van der Waals surface area contributed by atoms with Gasteiger partial charge in [0.1, 0.15) is 6.04 Å². The minimum Gasteiger partial charge on any atom is -0.468 e. The van der Waals surface area contributed by atoms with Gasteiger partial charge in [0.15, 0.2) is 0 Å². The maximum absolute atomic E-state index is 11.8. The quantitative estimate of drug-likeness (QED) is 0.770. The number of hydrogen-bond acceptors (Lipinski definition) is 3. The van der Waals surface area contributed by atoms with Crippen LogP contribution in [0.2, 0.25) is 0 Å². The summed E-state index contributed by atoms with van der Waals surface area (Å²) in [4.78, 5) is 11.8. The van der Waals surface area contributed by atoms with E-state index in [9.17, 15) is 4.79 Å². The van der Waals surface area contributed by atoms with E-state index >= 15 is 0 Å². The Hall–Kier alpha value is -1.35. The Bertz CT molecular complexity index is 333. The molecule has 0 saturated heterocycles. The molecule has 0 heterocycles. The molecule has 1 rings (SSSR count). The second-order valence-electron chi connectivity index (χ2n) is 4.05. The van der Waals surface area contributed by atoms with Crippen LogP contribution >= 0.6 is 0 Å². The van der Waals surface area contributed by atoms with Crippen LogP contribution in [-0.4, -0.2) is 19.1 Å². The van der Waals surface area contributed by atoms with Crippen molar-refractivity contribution in [3.05, 3.63) is 35.9 Å². The molecule has 0 amide bonds. The summed E-state index contributed by atoms with van der Waals surface area (Å²) in [5, 5.41) is 3.35. The molecule has 0 fully saturated rings. The molecule has 3 heteroatoms. The van der Waals surface area contributed by atoms with Gasteiger partial charge in [-0.15, -0.1) is 0 Å². The van der Waals surface area contributed by atoms with Crippen LogP contribution in [0.25, 0.3) is 0 Å². The number of methoxy groups -OCH3 is 1. The van der Waals surface area contributed by atoms with Gasteiger partial charge >= 0.3 is 5.97 Å². The van der Waals surface area contributed by atoms with E-state index in [4.69, 9.17) is 4.74 Å². The van der Waals surface area contributed by atoms with Crippen LogP contribution in [0.15, 0.2) is 30.3 Å². The Labute approximate surface area is 103 Å². The number of carbonyl (C=O) groups is 1. The van der Waals surface area contributed by atoms with Crippen molar-refractivity contribution in [1.82, 2.24) is 5.32 Å². The highest BCUT2D eigenvalue weighted by atomic mass is 16.5. The van der Waals surface area contributed by atoms with Gasteiger partial charge in [-0.2, -0.15) is 0 Å². The van der Waals surface area contributed by atoms with Crippen molar-refractivity contribution in [2.75, 3.05) is 7.11 Å². The number of carbonyl (C=O) groups excluding carboxylic acids is 1. The van der Waals surface area contributed by atoms with Gasteiger partial charge in [0.25, 0.3) is 0 Å². The van der Waals surface area contributed by atoms with Crippen molar-refractivity contribution < 1.29 is 9.53 Å². The van der Waals surface area contributed by atoms with Crippen LogP contribution in [0, 0.1) is 0 Å². The SMILES string of the molecule is CCC(CC)NC(C(=O)OC)c1ccccc1. The van der Waals surface area contributed by atoms with Crippen LogP contribution in [0.5, 0.6) is 0 Å². The van der Waals surface area contributed by atoms with Gasteiger partial charge in [-0.3, -0.25) is 5.32 Å². The first-order valence-electron chi connectivity index (χ1n) is 6.11. The first-order chi connectivity index (χ1) is 8.22. The summed E-state index contributed by atoms with van der Waals surface area (Å²) < 4.78 is 4.86. The fraction of sp³-hybridized carbons (Fsp3) is 0.500. The van der Waals surface area contributed by atoms with E-state index in [1.807, 2.05) is 30.3 Å². The van der Waals surface area contributed by atoms with Crippen molar-refractivity contribution >= 4 is 5.97 Å². The molecule has 94 valence electrons. The summed E-state index contributed by atoms with van der Waals surface area (Å²) in [7, 11) is 1.42. The minimum atomic E-state index is -0.369. The number of rotatable bonds is 6. The molecule has 1 unspecified atom stereocenters. The third-order valence-electron chi connectivity index (χ3n) is 2.96. The molecule has 0 radical (unpaired) electrons. The average molecular weight is 235 g/mol. The fourth-order valence-electron chi connectivity index (χ4n) is 1.82. The molecule has 1 aromatic rings. The number of esters is 1. The molecule has 17 heavy (non-hydrogen) atoms. The maximum atomic E-state index is 11.8. The first-order valence-corrected chi connectivity index (χ1v) is 6.11. The standard InChI is InChI=1S/C14H21NO2/c1-4-12(5-2)15-13(14(16)17-3)11-9-7-6-8-10-11/h6-10,12-13,15H,4-5H2,1-3H3. The van der Waals surface area contributed by atoms with Crippen LogP contribution in [0.4, 0.5) is 0 Å². The predicted octanol–water partition coefficient (Wildman–Crippen LogP) is 2.68. The molecular formula is C14H21NO2. The van der Waals surface area contributed by atoms with E-state index in [0.717, 1.165) is 18.4 Å². The van der Waals surface area contributed by atoms with Gasteiger partial charge in [0.2, 0.25) is 0 Å². The average Bonchev–Trinajstić information content (AvgIpc) is 2.40. The highest BCUT2D eigenvalue weighted by molar-refractivity contribution is 5.77. The van der Waals surface area contributed by atoms with Crippen LogP contribution in [0.3, 0.4) is 0 Å². The Morgan fingerprint density at radius 2 is 1.82 bits per heavy atom. The zero-order chi connectivity index (χ0) is 12.7. The third kappa shape index (κ3) is 3.86. The highest BCUT2D eigenvalue weighted by Gasteiger charge is 2.22. The molecule has 1 atom stereocenters. The molecule has 3 nitrogen and oxygen atoms in total. The van der Waals surface area contributed by atoms with Gasteiger partial charge in [-0.05, 0) is 18.4 Å². The first kappa shape index (κ1) is 13.7. The normalized spacial score (nSPS) is 12.5. The number of nitrogens with one attached hydrogen (secondary N) is 1. The van der Waals surface area contributed by atoms with Crippen molar-refractivity contribution in [2.24, 2.45) is 0 Å². The summed E-state index contributed by atoms with van der Waals surface area (Å²) in [6.45, 7) is 4.22. The van der Waals surface area contributed by atoms with E-state index in [1.165, 1.54) is 7.11 Å². The lowest BCUT2D eigenvalue weighted by Crippen LogP contribution is -2.37. The van der Waals surface area contributed by atoms with Gasteiger partial charge in [0, 0.05) is 6.04 Å². The summed E-state index contributed by atoms with van der Waals surface area (Å²) in [5.41, 5.74) is 0.950. The van der Waals surface area contributed by atoms with Crippen LogP contribution in [0.1, 0.15) is 38.3 Å². The molecule has 0 aliphatic carbocycles. The second-order valence-corrected chi connectivity index (χ2v) is 4.05. The Kier molecular flexibility index (Phi) is 5.70. The van der Waals surface area contributed by atoms with Gasteiger partial charge < -0.3 is 4.74 Å². The minimum absolute atomic E-state index is 0.233. The lowest BCUT2D eigenvalue weighted by molar-refractivity contribution is -0.143. The van der Waals surface area contributed by atoms with Gasteiger partial charge in [-0.1, -0.05) is 44.2 Å². The number of ether oxygens (including phenoxy) is 1. The second kappa shape index (κ2) is 7.07. The van der Waals surface area contributed by atoms with Crippen molar-refractivity contribution in [2.45, 2.75) is 38.8 Å². The molecule has 1 aromatic carbocycles. The smallest absolute Gasteiger partial charge is 0.327 e. The summed E-state index contributed by atoms with van der Waals surface area (Å²) in [5.74, 6) is -0.233. The molecule has 0 aliphatic heterocycles. The Morgan fingerprint density at radius 3 is 2.29 bits per heavy atom. The molecule has 0 spiro atoms. The monoisotopic (exact) mass is 235 g/mol. The zero-order valence-corrected chi connectivity index (χ0v) is 10.8. The lowest BCUT2D eigenvalue weighted by atomic mass is 10.0. The molecule has 0 aliphatic rings. The summed E-state index contributed by atoms with van der Waals surface area (Å²) >= 11 is 0. The van der Waals surface area contributed by atoms with Crippen molar-refractivity contribution in [1.29, 1.82) is 0 Å². The summed E-state index contributed by atoms with van der Waals surface area (Å²) in [6, 6.07) is 9.65. The Morgan fingerprint density at radius 1 is 1.24 bits per heavy atom. The van der Waals surface area contributed by atoms with Gasteiger partial charge in [0.05, 0.1) is 7.11 Å². The largest absolute Gasteiger partial charge is 0.468 e. The third-order valence-corrected chi connectivity index (χ3v) is 2.96. The van der Waals surface area contributed by atoms with Crippen LogP contribution in [-0.2, 0) is 9.53 Å². The fourth-order valence-corrected chi connectivity index (χ4v) is 1.82. The van der Waals surface area contributed by atoms with Crippen molar-refractivity contribution in [3.63, 3.8) is 0 Å². The van der Waals surface area contributed by atoms with Gasteiger partial charge in [-0.25, -0.2) is 4.79 Å². The van der Waals surface area contributed by atoms with E-state index in [0.29, 0.717) is 6.04 Å². The number of benzene rings is 1. The zero-order valence-electron chi connectivity index (χ0n) is 10.8. The molecule has 0 aromatic heterocycles. The highest BCUT2D eigenvalue weighted by Crippen LogP contribution is 2.16. The molecule has 1 N–H and O–H groups in total. The van der Waals surface area contributed by atoms with E-state index < -0.39 is 0 Å². The summed E-state index contributed by atoms with van der Waals surface area (Å²) in [6.07, 6.45) is 1.99. The molecule has 0 saturated carbocycles. The van der Waals surface area contributed by atoms with E-state index in [1.54, 1.807) is 0 Å². The van der Waals surface area contributed by atoms with E-state index in [-0.39, 0.29) is 12.0 Å². The predicted molar refractivity (Wildman–Crippen MR) is 68.7 cm³/mol. The molecular weight excluding hydrogens is 214 g/mol. The Balaban J connectivity index is 2.85. The maximum Gasteiger partial charge on any atom is 0.327 e. The van der Waals surface area contributed by atoms with E-state index in [2.05, 4.69) is 19.2 Å². The topological polar surface area (TPSA) is 38.3 Å². The van der Waals surface area contributed by atoms with Crippen LogP contribution < -0.4 is 5.32 Å². The molecule has 0 bridgehead atoms. The van der Waals surface area contributed by atoms with Crippen molar-refractivity contribution in [3.8, 4) is 0 Å². The lowest BCUT2D eigenvalue weighted by Gasteiger charge is -2.22. The number of hydrogen-bond donors (Lipinski definition) is 1.